The van der Waals surface area contributed by atoms with Gasteiger partial charge in [0.1, 0.15) is 48.1 Å². The van der Waals surface area contributed by atoms with Crippen LogP contribution in [0.2, 0.25) is 0 Å². The third-order valence-electron chi connectivity index (χ3n) is 8.52. The van der Waals surface area contributed by atoms with E-state index in [1.165, 1.54) is 13.3 Å². The summed E-state index contributed by atoms with van der Waals surface area (Å²) < 4.78 is 41.4. The predicted molar refractivity (Wildman–Crippen MR) is 181 cm³/mol. The summed E-state index contributed by atoms with van der Waals surface area (Å²) in [5.41, 5.74) is -0.425. The number of nitrogens with zero attached hydrogens (tertiary/aromatic N) is 1. The molecule has 0 spiro atoms. The monoisotopic (exact) mass is 690 g/mol. The van der Waals surface area contributed by atoms with E-state index < -0.39 is 53.8 Å². The van der Waals surface area contributed by atoms with E-state index in [0.717, 1.165) is 21.3 Å². The summed E-state index contributed by atoms with van der Waals surface area (Å²) in [6.07, 6.45) is -3.24. The van der Waals surface area contributed by atoms with Crippen molar-refractivity contribution in [3.63, 3.8) is 0 Å². The number of esters is 1. The molecule has 4 aromatic rings. The number of carbonyl (C=O) groups excluding carboxylic acids is 1. The lowest BCUT2D eigenvalue weighted by atomic mass is 9.80. The molecule has 0 saturated carbocycles. The third-order valence-corrected chi connectivity index (χ3v) is 8.52. The van der Waals surface area contributed by atoms with Gasteiger partial charge in [-0.15, -0.1) is 0 Å². The molecule has 1 aliphatic heterocycles. The summed E-state index contributed by atoms with van der Waals surface area (Å²) in [5, 5.41) is 11.7. The van der Waals surface area contributed by atoms with Gasteiger partial charge in [0.25, 0.3) is 5.56 Å². The van der Waals surface area contributed by atoms with Crippen LogP contribution < -0.4 is 20.7 Å². The number of benzene rings is 3. The second-order valence-electron chi connectivity index (χ2n) is 11.5. The molecule has 4 atom stereocenters. The van der Waals surface area contributed by atoms with Gasteiger partial charge in [-0.05, 0) is 47.9 Å². The Kier molecular flexibility index (Phi) is 12.2. The molecule has 0 radical (unpaired) electrons. The van der Waals surface area contributed by atoms with E-state index >= 15 is 0 Å². The number of hydrogen-bond acceptors (Lipinski definition) is 11. The van der Waals surface area contributed by atoms with Crippen LogP contribution in [0.3, 0.4) is 0 Å². The van der Waals surface area contributed by atoms with Gasteiger partial charge in [-0.3, -0.25) is 19.1 Å². The topological polar surface area (TPSA) is 157 Å². The highest BCUT2D eigenvalue weighted by Gasteiger charge is 2.48. The Bertz CT molecular complexity index is 1760. The van der Waals surface area contributed by atoms with Crippen LogP contribution in [0.15, 0.2) is 94.6 Å². The zero-order valence-electron chi connectivity index (χ0n) is 28.4. The minimum atomic E-state index is -1.28. The molecule has 0 bridgehead atoms. The second-order valence-corrected chi connectivity index (χ2v) is 11.5. The number of rotatable bonds is 16. The Labute approximate surface area is 289 Å². The Balaban J connectivity index is 1.55. The van der Waals surface area contributed by atoms with Crippen LogP contribution in [0.4, 0.5) is 0 Å². The van der Waals surface area contributed by atoms with E-state index in [1.54, 1.807) is 21.1 Å². The zero-order valence-corrected chi connectivity index (χ0v) is 28.4. The van der Waals surface area contributed by atoms with Crippen LogP contribution in [-0.2, 0) is 40.6 Å². The van der Waals surface area contributed by atoms with Gasteiger partial charge in [-0.1, -0.05) is 54.6 Å². The average molecular weight is 691 g/mol. The molecular weight excluding hydrogens is 648 g/mol. The van der Waals surface area contributed by atoms with E-state index in [0.29, 0.717) is 11.5 Å². The Morgan fingerprint density at radius 1 is 0.880 bits per heavy atom. The van der Waals surface area contributed by atoms with Crippen molar-refractivity contribution in [2.45, 2.75) is 43.5 Å². The first kappa shape index (κ1) is 36.5. The zero-order chi connectivity index (χ0) is 35.7. The third kappa shape index (κ3) is 7.82. The van der Waals surface area contributed by atoms with Crippen molar-refractivity contribution in [1.29, 1.82) is 0 Å². The van der Waals surface area contributed by atoms with Crippen LogP contribution >= 0.6 is 0 Å². The van der Waals surface area contributed by atoms with Gasteiger partial charge in [0, 0.05) is 13.3 Å². The number of aliphatic hydroxyl groups is 1. The number of ether oxygens (including phenoxy) is 7. The molecule has 1 saturated heterocycles. The molecule has 0 amide bonds. The molecule has 50 heavy (non-hydrogen) atoms. The van der Waals surface area contributed by atoms with Gasteiger partial charge in [0.15, 0.2) is 0 Å². The molecule has 3 aromatic carbocycles. The second kappa shape index (κ2) is 16.7. The van der Waals surface area contributed by atoms with Gasteiger partial charge >= 0.3 is 11.7 Å². The van der Waals surface area contributed by atoms with E-state index in [4.69, 9.17) is 33.2 Å². The summed E-state index contributed by atoms with van der Waals surface area (Å²) in [4.78, 5) is 40.2. The van der Waals surface area contributed by atoms with Crippen molar-refractivity contribution in [1.82, 2.24) is 9.55 Å². The van der Waals surface area contributed by atoms with E-state index in [1.807, 2.05) is 78.9 Å². The van der Waals surface area contributed by atoms with Crippen LogP contribution in [0.1, 0.15) is 35.3 Å². The average Bonchev–Trinajstić information content (AvgIpc) is 3.44. The molecule has 2 heterocycles. The highest BCUT2D eigenvalue weighted by molar-refractivity contribution is 5.69. The van der Waals surface area contributed by atoms with E-state index in [2.05, 4.69) is 4.98 Å². The number of carbonyl (C=O) groups is 1. The number of methoxy groups -OCH3 is 3. The molecular formula is C37H42N2O11. The fourth-order valence-corrected chi connectivity index (χ4v) is 6.05. The fraction of sp³-hybridized carbons (Fsp3) is 0.378. The fourth-order valence-electron chi connectivity index (χ4n) is 6.05. The molecule has 266 valence electrons. The summed E-state index contributed by atoms with van der Waals surface area (Å²) in [5.74, 6) is 0.662. The maximum Gasteiger partial charge on any atom is 0.328 e. The highest BCUT2D eigenvalue weighted by atomic mass is 16.6. The first-order valence-corrected chi connectivity index (χ1v) is 16.2. The summed E-state index contributed by atoms with van der Waals surface area (Å²) in [6.45, 7) is 1.47. The standard InChI is InChI=1S/C37H42N2O11/c1-5-47-31(40)22-39-21-29(35(42)38-36(39)43)33-34(48-20-19-44-2)32(41)30(50-33)23-49-37(24-9-7-6-8-10-24,25-11-15-27(45-3)16-12-25)26-13-17-28(46-4)18-14-26/h6-18,21,30,32-34,41H,5,19-20,22-23H2,1-4H3,(H,38,42,43)/t30-,32-,33+,34-/m1/s1. The number of nitrogens with one attached hydrogen (secondary N) is 1. The van der Waals surface area contributed by atoms with Gasteiger partial charge in [-0.2, -0.15) is 0 Å². The summed E-state index contributed by atoms with van der Waals surface area (Å²) >= 11 is 0. The normalized spacial score (nSPS) is 18.9. The van der Waals surface area contributed by atoms with Crippen molar-refractivity contribution >= 4 is 5.97 Å². The first-order valence-electron chi connectivity index (χ1n) is 16.2. The van der Waals surface area contributed by atoms with Gasteiger partial charge < -0.3 is 38.3 Å². The highest BCUT2D eigenvalue weighted by Crippen LogP contribution is 2.43. The van der Waals surface area contributed by atoms with Crippen molar-refractivity contribution in [2.24, 2.45) is 0 Å². The lowest BCUT2D eigenvalue weighted by Gasteiger charge is -2.37. The molecule has 5 rings (SSSR count). The predicted octanol–water partition coefficient (Wildman–Crippen LogP) is 2.96. The van der Waals surface area contributed by atoms with E-state index in [-0.39, 0.29) is 32.0 Å². The van der Waals surface area contributed by atoms with E-state index in [9.17, 15) is 19.5 Å². The maximum atomic E-state index is 13.2. The SMILES string of the molecule is CCOC(=O)Cn1cc([C@@H]2O[C@H](COC(c3ccccc3)(c3ccc(OC)cc3)c3ccc(OC)cc3)[C@@H](O)[C@H]2OCCOC)c(=O)[nH]c1=O. The van der Waals surface area contributed by atoms with Crippen LogP contribution in [0.5, 0.6) is 11.5 Å². The minimum Gasteiger partial charge on any atom is -0.497 e. The van der Waals surface area contributed by atoms with Crippen LogP contribution in [0, 0.1) is 0 Å². The largest absolute Gasteiger partial charge is 0.497 e. The number of aromatic nitrogens is 2. The number of hydrogen-bond donors (Lipinski definition) is 2. The quantitative estimate of drug-likeness (QED) is 0.101. The van der Waals surface area contributed by atoms with Crippen molar-refractivity contribution < 1.29 is 43.1 Å². The maximum absolute atomic E-state index is 13.2. The van der Waals surface area contributed by atoms with Crippen LogP contribution in [0.25, 0.3) is 0 Å². The van der Waals surface area contributed by atoms with Crippen LogP contribution in [-0.4, -0.2) is 86.7 Å². The van der Waals surface area contributed by atoms with Crippen molar-refractivity contribution in [3.8, 4) is 11.5 Å². The summed E-state index contributed by atoms with van der Waals surface area (Å²) in [7, 11) is 4.69. The molecule has 1 aromatic heterocycles. The summed E-state index contributed by atoms with van der Waals surface area (Å²) in [6, 6.07) is 24.6. The number of aliphatic hydroxyl groups excluding tert-OH is 1. The molecule has 1 aliphatic rings. The Morgan fingerprint density at radius 2 is 1.48 bits per heavy atom. The molecule has 13 nitrogen and oxygen atoms in total. The van der Waals surface area contributed by atoms with Crippen molar-refractivity contribution in [3.05, 3.63) is 128 Å². The number of H-pyrrole nitrogens is 1. The Morgan fingerprint density at radius 3 is 2.04 bits per heavy atom. The smallest absolute Gasteiger partial charge is 0.328 e. The molecule has 0 aliphatic carbocycles. The van der Waals surface area contributed by atoms with Gasteiger partial charge in [-0.25, -0.2) is 4.79 Å². The first-order chi connectivity index (χ1) is 24.2. The lowest BCUT2D eigenvalue weighted by Crippen LogP contribution is -2.40. The minimum absolute atomic E-state index is 0.0162. The number of aromatic amines is 1. The Hall–Kier alpha value is -4.79. The molecule has 2 N–H and O–H groups in total. The van der Waals surface area contributed by atoms with Crippen molar-refractivity contribution in [2.75, 3.05) is 47.8 Å². The molecule has 13 heteroatoms. The van der Waals surface area contributed by atoms with Gasteiger partial charge in [0.2, 0.25) is 0 Å². The van der Waals surface area contributed by atoms with Gasteiger partial charge in [0.05, 0.1) is 46.2 Å². The molecule has 0 unspecified atom stereocenters. The molecule has 1 fully saturated rings. The lowest BCUT2D eigenvalue weighted by molar-refractivity contribution is -0.143.